The number of alkyl halides is 3. The molecule has 0 aliphatic carbocycles. The van der Waals surface area contributed by atoms with Crippen LogP contribution in [0.5, 0.6) is 5.75 Å². The summed E-state index contributed by atoms with van der Waals surface area (Å²) in [6.45, 7) is 3.71. The van der Waals surface area contributed by atoms with E-state index < -0.39 is 169 Å². The van der Waals surface area contributed by atoms with Gasteiger partial charge in [-0.2, -0.15) is 0 Å². The Hall–Kier alpha value is -8.73. The molecule has 0 saturated carbocycles. The third-order valence-electron chi connectivity index (χ3n) is 14.1. The molecule has 3 saturated heterocycles. The van der Waals surface area contributed by atoms with Crippen molar-refractivity contribution < 1.29 is 119 Å². The lowest BCUT2D eigenvalue weighted by molar-refractivity contribution is -0.373. The smallest absolute Gasteiger partial charge is 0.338 e. The van der Waals surface area contributed by atoms with Gasteiger partial charge in [0.25, 0.3) is 3.79 Å². The van der Waals surface area contributed by atoms with Gasteiger partial charge in [-0.05, 0) is 79.7 Å². The highest BCUT2D eigenvalue weighted by Crippen LogP contribution is 2.40. The van der Waals surface area contributed by atoms with Crippen LogP contribution < -0.4 is 4.74 Å². The molecule has 29 heteroatoms. The largest absolute Gasteiger partial charge is 0.497 e. The summed E-state index contributed by atoms with van der Waals surface area (Å²) in [5.41, 5.74) is -0.346. The highest BCUT2D eigenvalue weighted by molar-refractivity contribution is 6.76. The van der Waals surface area contributed by atoms with Crippen molar-refractivity contribution in [2.24, 2.45) is 0 Å². The van der Waals surface area contributed by atoms with Crippen LogP contribution in [0.2, 0.25) is 0 Å². The summed E-state index contributed by atoms with van der Waals surface area (Å²) in [5, 5.41) is 8.59. The Morgan fingerprint density at radius 3 is 1.15 bits per heavy atom. The quantitative estimate of drug-likeness (QED) is 0.0231. The van der Waals surface area contributed by atoms with Gasteiger partial charge in [0.2, 0.25) is 18.3 Å². The van der Waals surface area contributed by atoms with E-state index in [-0.39, 0.29) is 27.8 Å². The first-order valence-corrected chi connectivity index (χ1v) is 29.6. The van der Waals surface area contributed by atoms with E-state index in [0.717, 1.165) is 27.7 Å². The van der Waals surface area contributed by atoms with Crippen molar-refractivity contribution in [1.82, 2.24) is 0 Å². The van der Waals surface area contributed by atoms with Gasteiger partial charge in [-0.25, -0.2) is 24.0 Å². The predicted molar refractivity (Wildman–Crippen MR) is 320 cm³/mol. The summed E-state index contributed by atoms with van der Waals surface area (Å²) in [6, 6.07) is 35.3. The minimum absolute atomic E-state index is 0.0369. The molecule has 0 aromatic heterocycles. The molecule has 26 nitrogen and oxygen atoms in total. The normalized spacial score (nSPS) is 25.8. The van der Waals surface area contributed by atoms with Gasteiger partial charge in [-0.1, -0.05) is 108 Å². The lowest BCUT2D eigenvalue weighted by atomic mass is 9.95. The van der Waals surface area contributed by atoms with Gasteiger partial charge in [0, 0.05) is 27.7 Å². The molecule has 0 unspecified atom stereocenters. The minimum Gasteiger partial charge on any atom is -0.497 e. The van der Waals surface area contributed by atoms with E-state index >= 15 is 0 Å². The number of carbonyl (C=O) groups is 9. The molecule has 3 aliphatic heterocycles. The summed E-state index contributed by atoms with van der Waals surface area (Å²) < 4.78 is 95.2. The fourth-order valence-electron chi connectivity index (χ4n) is 9.88. The first kappa shape index (κ1) is 70.1. The Balaban J connectivity index is 1.33. The summed E-state index contributed by atoms with van der Waals surface area (Å²) in [7, 11) is 1.40. The van der Waals surface area contributed by atoms with Gasteiger partial charge in [0.15, 0.2) is 49.2 Å². The maximum atomic E-state index is 14.9. The molecule has 0 bridgehead atoms. The van der Waals surface area contributed by atoms with Gasteiger partial charge < -0.3 is 75.8 Å². The number of hydrogen-bond donors (Lipinski definition) is 1. The van der Waals surface area contributed by atoms with Crippen LogP contribution in [0, 0.1) is 5.41 Å². The van der Waals surface area contributed by atoms with Crippen LogP contribution in [-0.2, 0) is 90.2 Å². The van der Waals surface area contributed by atoms with Crippen LogP contribution in [-0.4, -0.2) is 176 Å². The molecule has 0 radical (unpaired) electrons. The number of nitrogens with one attached hydrogen (secondary N) is 1. The number of carbonyl (C=O) groups excluding carboxylic acids is 9. The second kappa shape index (κ2) is 32.2. The molecule has 5 aromatic carbocycles. The van der Waals surface area contributed by atoms with E-state index in [2.05, 4.69) is 0 Å². The first-order chi connectivity index (χ1) is 44.4. The minimum atomic E-state index is -2.55. The van der Waals surface area contributed by atoms with Gasteiger partial charge in [0.1, 0.15) is 43.4 Å². The van der Waals surface area contributed by atoms with E-state index in [4.69, 9.17) is 116 Å². The van der Waals surface area contributed by atoms with Crippen molar-refractivity contribution in [2.75, 3.05) is 20.3 Å². The second-order valence-corrected chi connectivity index (χ2v) is 23.0. The zero-order valence-corrected chi connectivity index (χ0v) is 52.5. The SMILES string of the molecule is COc1ccc(C(=O)OC[C@H]2O[C@@H](O[C@H]3[C@H](OC(=O)c4ccccc4)[C@@H](OC(=O)c4ccccc4)[C@H](OC(=N)C(Cl)(Cl)Cl)O[C@@H]3C)[C@H](OC(=O)c3ccccc3)[C@@H](OC(=O)c3ccccc3)[C@H]2O[C@H]2O[C@H](COC(C)=O)[C@@H](OC(C)=O)[C@H](OC(C)=O)[C@H]2OC(C)=O)cc1. The zero-order chi connectivity index (χ0) is 67.1. The van der Waals surface area contributed by atoms with Crippen molar-refractivity contribution in [3.8, 4) is 5.75 Å². The average Bonchev–Trinajstić information content (AvgIpc) is 0.791. The van der Waals surface area contributed by atoms with Gasteiger partial charge in [-0.15, -0.1) is 0 Å². The lowest BCUT2D eigenvalue weighted by Gasteiger charge is -2.50. The van der Waals surface area contributed by atoms with E-state index in [1.165, 1.54) is 135 Å². The van der Waals surface area contributed by atoms with Gasteiger partial charge in [0.05, 0.1) is 41.0 Å². The van der Waals surface area contributed by atoms with Crippen LogP contribution in [0.15, 0.2) is 146 Å². The summed E-state index contributed by atoms with van der Waals surface area (Å²) in [6.07, 6.45) is -29.0. The van der Waals surface area contributed by atoms with Crippen molar-refractivity contribution >= 4 is 94.4 Å². The molecule has 3 aliphatic rings. The Morgan fingerprint density at radius 1 is 0.387 bits per heavy atom. The Bertz CT molecular complexity index is 3440. The molecule has 3 heterocycles. The highest BCUT2D eigenvalue weighted by atomic mass is 35.6. The Morgan fingerprint density at radius 2 is 0.731 bits per heavy atom. The Labute approximate surface area is 546 Å². The molecule has 0 amide bonds. The topological polar surface area (TPSA) is 325 Å². The van der Waals surface area contributed by atoms with E-state index in [1.54, 1.807) is 24.3 Å². The molecule has 1 N–H and O–H groups in total. The summed E-state index contributed by atoms with van der Waals surface area (Å²) >= 11 is 18.3. The maximum absolute atomic E-state index is 14.9. The molecule has 0 spiro atoms. The van der Waals surface area contributed by atoms with Crippen LogP contribution in [0.4, 0.5) is 0 Å². The summed E-state index contributed by atoms with van der Waals surface area (Å²) in [4.78, 5) is 124. The van der Waals surface area contributed by atoms with Crippen LogP contribution in [0.3, 0.4) is 0 Å². The van der Waals surface area contributed by atoms with Crippen molar-refractivity contribution in [3.05, 3.63) is 173 Å². The number of hydrogen-bond acceptors (Lipinski definition) is 26. The lowest BCUT2D eigenvalue weighted by Crippen LogP contribution is -2.68. The number of methoxy groups -OCH3 is 1. The summed E-state index contributed by atoms with van der Waals surface area (Å²) in [5.74, 6) is -9.96. The number of halogens is 3. The molecule has 93 heavy (non-hydrogen) atoms. The van der Waals surface area contributed by atoms with Crippen molar-refractivity contribution in [3.63, 3.8) is 0 Å². The van der Waals surface area contributed by atoms with E-state index in [9.17, 15) is 43.2 Å². The monoisotopic (exact) mass is 1350 g/mol. The van der Waals surface area contributed by atoms with Crippen molar-refractivity contribution in [1.29, 1.82) is 5.41 Å². The fraction of sp³-hybridized carbons (Fsp3) is 0.375. The molecule has 15 atom stereocenters. The van der Waals surface area contributed by atoms with Crippen LogP contribution in [0.1, 0.15) is 86.4 Å². The number of esters is 9. The molecule has 5 aromatic rings. The number of benzene rings is 5. The molecule has 494 valence electrons. The molecular weight excluding hydrogens is 1290 g/mol. The molecule has 3 fully saturated rings. The number of ether oxygens (including phenoxy) is 16. The van der Waals surface area contributed by atoms with Crippen LogP contribution in [0.25, 0.3) is 0 Å². The molecular formula is C64H62Cl3NO25. The maximum Gasteiger partial charge on any atom is 0.338 e. The van der Waals surface area contributed by atoms with E-state index in [0.29, 0.717) is 5.75 Å². The average molecular weight is 1350 g/mol. The Kier molecular flexibility index (Phi) is 24.3. The first-order valence-electron chi connectivity index (χ1n) is 28.5. The third-order valence-corrected chi connectivity index (χ3v) is 14.6. The number of rotatable bonds is 22. The second-order valence-electron chi connectivity index (χ2n) is 20.7. The zero-order valence-electron chi connectivity index (χ0n) is 50.3. The van der Waals surface area contributed by atoms with E-state index in [1.807, 2.05) is 0 Å². The molecule has 8 rings (SSSR count). The third kappa shape index (κ3) is 18.7. The van der Waals surface area contributed by atoms with Gasteiger partial charge >= 0.3 is 53.7 Å². The fourth-order valence-corrected chi connectivity index (χ4v) is 10.0. The standard InChI is InChI=1S/C64H62Cl3NO25/c1-33-46(49(87-56(74)38-19-11-7-12-20-38)53(60(81-33)93-63(68)64(65,66)67)89-58(76)40-23-15-9-16-24-40)91-62-54(90-59(77)41-25-17-10-18-26-41)51(88-57(75)39-21-13-8-14-22-39)48(45(86-62)32-80-55(73)42-27-29-43(78-6)30-28-42)92-61-52(84-37(5)72)50(83-36(4)71)47(82-35(3)70)44(85-61)31-79-34(2)69/h7-30,33,44-54,60-62,68H,31-32H2,1-6H3/t33-,44-,45-,46-,47-,48+,49+,50+,51+,52-,53-,54-,60+,61-,62+/m1/s1. The van der Waals surface area contributed by atoms with Gasteiger partial charge in [-0.3, -0.25) is 24.6 Å². The highest BCUT2D eigenvalue weighted by Gasteiger charge is 2.60. The van der Waals surface area contributed by atoms with Crippen LogP contribution >= 0.6 is 34.8 Å². The predicted octanol–water partition coefficient (Wildman–Crippen LogP) is 7.44. The van der Waals surface area contributed by atoms with Crippen molar-refractivity contribution in [2.45, 2.75) is 131 Å².